The van der Waals surface area contributed by atoms with Gasteiger partial charge in [0.15, 0.2) is 17.4 Å². The summed E-state index contributed by atoms with van der Waals surface area (Å²) < 4.78 is 38.1. The molecule has 0 saturated heterocycles. The van der Waals surface area contributed by atoms with E-state index in [1.165, 1.54) is 58.5 Å². The molecule has 0 amide bonds. The Morgan fingerprint density at radius 1 is 0.935 bits per heavy atom. The number of methoxy groups -OCH3 is 1. The van der Waals surface area contributed by atoms with E-state index in [0.29, 0.717) is 11.8 Å². The average molecular weight is 435 g/mol. The van der Waals surface area contributed by atoms with Gasteiger partial charge in [0.2, 0.25) is 0 Å². The lowest BCUT2D eigenvalue weighted by molar-refractivity contribution is -0.144. The van der Waals surface area contributed by atoms with Crippen LogP contribution < -0.4 is 9.47 Å². The zero-order chi connectivity index (χ0) is 22.0. The number of hydrogen-bond donors (Lipinski definition) is 0. The van der Waals surface area contributed by atoms with E-state index >= 15 is 0 Å². The molecule has 172 valence electrons. The first-order chi connectivity index (χ1) is 15.0. The van der Waals surface area contributed by atoms with Gasteiger partial charge in [0, 0.05) is 12.1 Å². The Bertz CT molecular complexity index is 749. The molecule has 4 atom stereocenters. The van der Waals surface area contributed by atoms with Crippen LogP contribution in [0.2, 0.25) is 0 Å². The third-order valence-electron chi connectivity index (χ3n) is 8.52. The van der Waals surface area contributed by atoms with Crippen LogP contribution in [0.15, 0.2) is 12.1 Å². The van der Waals surface area contributed by atoms with Crippen molar-refractivity contribution >= 4 is 5.97 Å². The van der Waals surface area contributed by atoms with Crippen molar-refractivity contribution in [1.29, 1.82) is 0 Å². The quantitative estimate of drug-likeness (QED) is 0.372. The van der Waals surface area contributed by atoms with E-state index in [0.717, 1.165) is 49.1 Å². The van der Waals surface area contributed by atoms with Crippen LogP contribution in [0.5, 0.6) is 11.5 Å². The van der Waals surface area contributed by atoms with Gasteiger partial charge in [-0.3, -0.25) is 4.79 Å². The first-order valence-corrected chi connectivity index (χ1v) is 12.2. The monoisotopic (exact) mass is 434 g/mol. The van der Waals surface area contributed by atoms with E-state index in [-0.39, 0.29) is 17.6 Å². The Labute approximate surface area is 184 Å². The van der Waals surface area contributed by atoms with Crippen LogP contribution in [0.3, 0.4) is 0 Å². The van der Waals surface area contributed by atoms with Gasteiger partial charge in [-0.15, -0.1) is 0 Å². The zero-order valence-electron chi connectivity index (χ0n) is 18.9. The largest absolute Gasteiger partial charge is 0.491 e. The van der Waals surface area contributed by atoms with E-state index in [1.54, 1.807) is 0 Å². The lowest BCUT2D eigenvalue weighted by Gasteiger charge is -2.46. The van der Waals surface area contributed by atoms with Crippen LogP contribution in [0.1, 0.15) is 77.6 Å². The number of fused-ring (bicyclic) bond motifs is 1. The zero-order valence-corrected chi connectivity index (χ0v) is 18.9. The Morgan fingerprint density at radius 3 is 2.26 bits per heavy atom. The average Bonchev–Trinajstić information content (AvgIpc) is 2.78. The minimum absolute atomic E-state index is 0.0794. The minimum Gasteiger partial charge on any atom is -0.491 e. The molecule has 0 radical (unpaired) electrons. The summed E-state index contributed by atoms with van der Waals surface area (Å²) in [6, 6.07) is 2.06. The number of carbonyl (C=O) groups excluding carboxylic acids is 1. The second kappa shape index (κ2) is 9.87. The minimum atomic E-state index is -0.856. The summed E-state index contributed by atoms with van der Waals surface area (Å²) in [7, 11) is 1.21. The van der Waals surface area contributed by atoms with Crippen LogP contribution in [-0.2, 0) is 4.79 Å². The molecular weight excluding hydrogens is 398 g/mol. The summed E-state index contributed by atoms with van der Waals surface area (Å²) in [6.07, 6.45) is 13.4. The van der Waals surface area contributed by atoms with Crippen molar-refractivity contribution in [1.82, 2.24) is 0 Å². The molecular formula is C26H36F2O3. The highest BCUT2D eigenvalue weighted by molar-refractivity contribution is 5.75. The fraction of sp³-hybridized carbons (Fsp3) is 0.731. The highest BCUT2D eigenvalue weighted by Crippen LogP contribution is 2.50. The molecule has 3 saturated carbocycles. The van der Waals surface area contributed by atoms with E-state index in [2.05, 4.69) is 6.92 Å². The number of carbonyl (C=O) groups is 1. The number of benzene rings is 1. The molecule has 0 aromatic heterocycles. The molecule has 3 aliphatic rings. The predicted molar refractivity (Wildman–Crippen MR) is 116 cm³/mol. The maximum atomic E-state index is 14.0. The van der Waals surface area contributed by atoms with Crippen LogP contribution >= 0.6 is 0 Å². The highest BCUT2D eigenvalue weighted by atomic mass is 19.1. The second-order valence-corrected chi connectivity index (χ2v) is 10.1. The molecule has 3 aliphatic carbocycles. The Morgan fingerprint density at radius 2 is 1.61 bits per heavy atom. The van der Waals surface area contributed by atoms with Crippen molar-refractivity contribution in [3.05, 3.63) is 23.8 Å². The lowest BCUT2D eigenvalue weighted by Crippen LogP contribution is -2.40. The fourth-order valence-corrected chi connectivity index (χ4v) is 6.77. The second-order valence-electron chi connectivity index (χ2n) is 10.1. The van der Waals surface area contributed by atoms with Gasteiger partial charge in [-0.25, -0.2) is 8.78 Å². The SMILES string of the molecule is CCC1CCC(C2CCC3C(CCCC3C(=O)Oc3cc(F)c(OC)c(F)c3)C2)CC1. The van der Waals surface area contributed by atoms with Crippen molar-refractivity contribution in [3.8, 4) is 11.5 Å². The summed E-state index contributed by atoms with van der Waals surface area (Å²) in [6.45, 7) is 2.31. The summed E-state index contributed by atoms with van der Waals surface area (Å²) in [4.78, 5) is 13.0. The molecule has 1 aromatic rings. The highest BCUT2D eigenvalue weighted by Gasteiger charge is 2.43. The number of hydrogen-bond acceptors (Lipinski definition) is 3. The van der Waals surface area contributed by atoms with E-state index in [9.17, 15) is 13.6 Å². The molecule has 5 heteroatoms. The molecule has 4 rings (SSSR count). The number of rotatable bonds is 5. The Balaban J connectivity index is 1.37. The van der Waals surface area contributed by atoms with Crippen molar-refractivity contribution in [3.63, 3.8) is 0 Å². The molecule has 0 heterocycles. The van der Waals surface area contributed by atoms with E-state index in [4.69, 9.17) is 9.47 Å². The van der Waals surface area contributed by atoms with Gasteiger partial charge in [0.25, 0.3) is 0 Å². The predicted octanol–water partition coefficient (Wildman–Crippen LogP) is 6.93. The van der Waals surface area contributed by atoms with Crippen molar-refractivity contribution < 1.29 is 23.0 Å². The topological polar surface area (TPSA) is 35.5 Å². The molecule has 0 aliphatic heterocycles. The van der Waals surface area contributed by atoms with Crippen molar-refractivity contribution in [2.45, 2.75) is 77.6 Å². The summed E-state index contributed by atoms with van der Waals surface area (Å²) >= 11 is 0. The standard InChI is InChI=1S/C26H36F2O3/c1-3-16-7-9-17(10-8-16)18-11-12-21-19(13-18)5-4-6-22(21)26(29)31-20-14-23(27)25(30-2)24(28)15-20/h14-19,21-22H,3-13H2,1-2H3. The molecule has 3 nitrogen and oxygen atoms in total. The molecule has 0 spiro atoms. The number of esters is 1. The molecule has 31 heavy (non-hydrogen) atoms. The van der Waals surface area contributed by atoms with Gasteiger partial charge in [0.05, 0.1) is 13.0 Å². The molecule has 3 fully saturated rings. The normalized spacial score (nSPS) is 33.4. The number of ether oxygens (including phenoxy) is 2. The molecule has 1 aromatic carbocycles. The van der Waals surface area contributed by atoms with Crippen LogP contribution in [0.25, 0.3) is 0 Å². The maximum absolute atomic E-state index is 14.0. The fourth-order valence-electron chi connectivity index (χ4n) is 6.77. The third kappa shape index (κ3) is 4.90. The van der Waals surface area contributed by atoms with Gasteiger partial charge in [-0.2, -0.15) is 0 Å². The number of halogens is 2. The van der Waals surface area contributed by atoms with Crippen molar-refractivity contribution in [2.24, 2.45) is 35.5 Å². The first kappa shape index (κ1) is 22.5. The summed E-state index contributed by atoms with van der Waals surface area (Å²) in [5, 5.41) is 0. The van der Waals surface area contributed by atoms with Gasteiger partial charge in [0.1, 0.15) is 5.75 Å². The maximum Gasteiger partial charge on any atom is 0.314 e. The van der Waals surface area contributed by atoms with Gasteiger partial charge < -0.3 is 9.47 Å². The van der Waals surface area contributed by atoms with Crippen molar-refractivity contribution in [2.75, 3.05) is 7.11 Å². The summed E-state index contributed by atoms with van der Waals surface area (Å²) in [5.74, 6) is 0.775. The molecule has 4 unspecified atom stereocenters. The van der Waals surface area contributed by atoms with Gasteiger partial charge in [-0.05, 0) is 68.1 Å². The molecule has 0 N–H and O–H groups in total. The van der Waals surface area contributed by atoms with Crippen LogP contribution in [-0.4, -0.2) is 13.1 Å². The van der Waals surface area contributed by atoms with E-state index < -0.39 is 17.4 Å². The third-order valence-corrected chi connectivity index (χ3v) is 8.52. The van der Waals surface area contributed by atoms with Crippen LogP contribution in [0, 0.1) is 47.1 Å². The molecule has 0 bridgehead atoms. The lowest BCUT2D eigenvalue weighted by atomic mass is 9.59. The van der Waals surface area contributed by atoms with Crippen LogP contribution in [0.4, 0.5) is 8.78 Å². The summed E-state index contributed by atoms with van der Waals surface area (Å²) in [5.41, 5.74) is 0. The Hall–Kier alpha value is -1.65. The smallest absolute Gasteiger partial charge is 0.314 e. The van der Waals surface area contributed by atoms with Gasteiger partial charge in [-0.1, -0.05) is 39.0 Å². The first-order valence-electron chi connectivity index (χ1n) is 12.2. The Kier molecular flexibility index (Phi) is 7.18. The van der Waals surface area contributed by atoms with E-state index in [1.807, 2.05) is 0 Å². The van der Waals surface area contributed by atoms with Gasteiger partial charge >= 0.3 is 5.97 Å².